The van der Waals surface area contributed by atoms with E-state index in [9.17, 15) is 9.59 Å². The van der Waals surface area contributed by atoms with Crippen LogP contribution < -0.4 is 0 Å². The van der Waals surface area contributed by atoms with Gasteiger partial charge in [-0.3, -0.25) is 0 Å². The molecule has 0 atom stereocenters. The zero-order chi connectivity index (χ0) is 33.9. The number of hydrogen-bond acceptors (Lipinski definition) is 4. The van der Waals surface area contributed by atoms with Gasteiger partial charge in [-0.2, -0.15) is 0 Å². The van der Waals surface area contributed by atoms with E-state index in [2.05, 4.69) is 80.8 Å². The van der Waals surface area contributed by atoms with E-state index in [-0.39, 0.29) is 11.9 Å². The number of fused-ring (bicyclic) bond motifs is 6. The molecule has 0 saturated carbocycles. The van der Waals surface area contributed by atoms with Crippen LogP contribution in [0.4, 0.5) is 0 Å². The second kappa shape index (κ2) is 16.1. The Morgan fingerprint density at radius 2 is 0.917 bits per heavy atom. The SMILES string of the molecule is COC(=O)c1ccc2c(c1)c1c(n2C)C#CCC/C=C/CCC#C1.COC(=O)c1ccc2c(c1)c1c(n2C)C#CCC/C=C/CCC#C1. The van der Waals surface area contributed by atoms with Crippen LogP contribution in [0.2, 0.25) is 0 Å². The minimum atomic E-state index is -0.341. The Hall–Kier alpha value is -5.82. The molecular weight excluding hydrogens is 596 g/mol. The van der Waals surface area contributed by atoms with Gasteiger partial charge in [0.15, 0.2) is 0 Å². The molecule has 2 aromatic carbocycles. The molecule has 6 nitrogen and oxygen atoms in total. The van der Waals surface area contributed by atoms with Gasteiger partial charge in [0.25, 0.3) is 0 Å². The number of allylic oxidation sites excluding steroid dienone is 4. The highest BCUT2D eigenvalue weighted by atomic mass is 16.5. The summed E-state index contributed by atoms with van der Waals surface area (Å²) in [6.45, 7) is 0. The van der Waals surface area contributed by atoms with E-state index in [1.807, 2.05) is 38.4 Å². The minimum Gasteiger partial charge on any atom is -0.465 e. The Labute approximate surface area is 282 Å². The molecule has 2 aromatic heterocycles. The van der Waals surface area contributed by atoms with Crippen molar-refractivity contribution in [2.24, 2.45) is 14.1 Å². The number of rotatable bonds is 2. The van der Waals surface area contributed by atoms with Crippen LogP contribution in [0.5, 0.6) is 0 Å². The summed E-state index contributed by atoms with van der Waals surface area (Å²) < 4.78 is 13.8. The van der Waals surface area contributed by atoms with Crippen molar-refractivity contribution in [1.82, 2.24) is 9.13 Å². The molecule has 0 bridgehead atoms. The van der Waals surface area contributed by atoms with Crippen molar-refractivity contribution in [2.45, 2.75) is 51.4 Å². The van der Waals surface area contributed by atoms with Crippen LogP contribution in [-0.4, -0.2) is 35.3 Å². The summed E-state index contributed by atoms with van der Waals surface area (Å²) in [5, 5.41) is 1.90. The highest BCUT2D eigenvalue weighted by Crippen LogP contribution is 2.27. The molecule has 6 heteroatoms. The van der Waals surface area contributed by atoms with Crippen LogP contribution in [0.15, 0.2) is 60.7 Å². The van der Waals surface area contributed by atoms with Crippen LogP contribution >= 0.6 is 0 Å². The Morgan fingerprint density at radius 3 is 1.27 bits per heavy atom. The molecule has 2 heterocycles. The molecular formula is C42H38N2O4. The maximum absolute atomic E-state index is 11.8. The first-order valence-corrected chi connectivity index (χ1v) is 16.1. The highest BCUT2D eigenvalue weighted by Gasteiger charge is 2.17. The Balaban J connectivity index is 0.000000188. The summed E-state index contributed by atoms with van der Waals surface area (Å²) in [4.78, 5) is 23.7. The minimum absolute atomic E-state index is 0.341. The lowest BCUT2D eigenvalue weighted by Gasteiger charge is -2.00. The standard InChI is InChI=1S/2C21H19NO2/c2*1-22-19-12-10-8-6-4-3-5-7-9-11-17(19)18-15-16(21(23)24-2)13-14-20(18)22/h2*3-4,13-15H,5-8H2,1-2H3/b2*4-3+. The number of esters is 2. The van der Waals surface area contributed by atoms with E-state index in [0.717, 1.165) is 95.7 Å². The molecule has 0 N–H and O–H groups in total. The first-order chi connectivity index (χ1) is 23.4. The predicted molar refractivity (Wildman–Crippen MR) is 191 cm³/mol. The molecule has 48 heavy (non-hydrogen) atoms. The molecule has 2 aliphatic rings. The monoisotopic (exact) mass is 634 g/mol. The van der Waals surface area contributed by atoms with Gasteiger partial charge in [0.05, 0.1) is 47.5 Å². The Morgan fingerprint density at radius 1 is 0.562 bits per heavy atom. The zero-order valence-electron chi connectivity index (χ0n) is 28.0. The normalized spacial score (nSPS) is 14.9. The lowest BCUT2D eigenvalue weighted by Crippen LogP contribution is -2.00. The maximum Gasteiger partial charge on any atom is 0.337 e. The lowest BCUT2D eigenvalue weighted by molar-refractivity contribution is 0.0592. The van der Waals surface area contributed by atoms with Gasteiger partial charge in [0.1, 0.15) is 11.4 Å². The van der Waals surface area contributed by atoms with Crippen molar-refractivity contribution in [1.29, 1.82) is 0 Å². The number of benzene rings is 2. The van der Waals surface area contributed by atoms with E-state index in [0.29, 0.717) is 11.1 Å². The number of carbonyl (C=O) groups is 2. The topological polar surface area (TPSA) is 62.5 Å². The average Bonchev–Trinajstić information content (AvgIpc) is 3.51. The van der Waals surface area contributed by atoms with Gasteiger partial charge >= 0.3 is 11.9 Å². The summed E-state index contributed by atoms with van der Waals surface area (Å²) in [7, 11) is 6.75. The van der Waals surface area contributed by atoms with E-state index in [1.54, 1.807) is 12.1 Å². The fourth-order valence-electron chi connectivity index (χ4n) is 5.61. The van der Waals surface area contributed by atoms with Gasteiger partial charge in [-0.05, 0) is 73.9 Å². The molecule has 0 aliphatic heterocycles. The molecule has 4 aromatic rings. The molecule has 0 unspecified atom stereocenters. The van der Waals surface area contributed by atoms with Crippen LogP contribution in [-0.2, 0) is 23.6 Å². The highest BCUT2D eigenvalue weighted by molar-refractivity contribution is 5.99. The number of aromatic nitrogens is 2. The number of methoxy groups -OCH3 is 2. The second-order valence-corrected chi connectivity index (χ2v) is 11.3. The molecule has 0 spiro atoms. The van der Waals surface area contributed by atoms with Gasteiger partial charge in [-0.25, -0.2) is 9.59 Å². The fourth-order valence-corrected chi connectivity index (χ4v) is 5.61. The van der Waals surface area contributed by atoms with Crippen molar-refractivity contribution in [3.63, 3.8) is 0 Å². The summed E-state index contributed by atoms with van der Waals surface area (Å²) in [5.74, 6) is 25.3. The number of aryl methyl sites for hydroxylation is 2. The molecule has 2 aliphatic carbocycles. The third kappa shape index (κ3) is 7.58. The summed E-state index contributed by atoms with van der Waals surface area (Å²) in [5.41, 5.74) is 6.71. The van der Waals surface area contributed by atoms with Gasteiger partial charge in [-0.1, -0.05) is 59.8 Å². The molecule has 6 rings (SSSR count). The van der Waals surface area contributed by atoms with E-state index in [4.69, 9.17) is 9.47 Å². The van der Waals surface area contributed by atoms with Crippen LogP contribution in [0.25, 0.3) is 21.8 Å². The number of hydrogen-bond donors (Lipinski definition) is 0. The third-order valence-electron chi connectivity index (χ3n) is 8.16. The average molecular weight is 635 g/mol. The van der Waals surface area contributed by atoms with Crippen molar-refractivity contribution in [3.05, 3.63) is 94.3 Å². The first kappa shape index (κ1) is 33.5. The largest absolute Gasteiger partial charge is 0.465 e. The molecule has 0 amide bonds. The van der Waals surface area contributed by atoms with E-state index < -0.39 is 0 Å². The predicted octanol–water partition coefficient (Wildman–Crippen LogP) is 7.60. The maximum atomic E-state index is 11.8. The Kier molecular flexibility index (Phi) is 11.3. The van der Waals surface area contributed by atoms with Crippen molar-refractivity contribution >= 4 is 33.7 Å². The van der Waals surface area contributed by atoms with Gasteiger partial charge in [-0.15, -0.1) is 0 Å². The summed E-state index contributed by atoms with van der Waals surface area (Å²) in [6, 6.07) is 11.1. The van der Waals surface area contributed by atoms with Crippen molar-refractivity contribution in [2.75, 3.05) is 14.2 Å². The van der Waals surface area contributed by atoms with Gasteiger partial charge in [0.2, 0.25) is 0 Å². The second-order valence-electron chi connectivity index (χ2n) is 11.3. The van der Waals surface area contributed by atoms with Crippen LogP contribution in [0.3, 0.4) is 0 Å². The molecule has 0 fully saturated rings. The van der Waals surface area contributed by atoms with Gasteiger partial charge in [0, 0.05) is 50.6 Å². The fraction of sp³-hybridized carbons (Fsp3) is 0.286. The van der Waals surface area contributed by atoms with Crippen LogP contribution in [0, 0.1) is 47.4 Å². The molecule has 0 radical (unpaired) electrons. The van der Waals surface area contributed by atoms with E-state index in [1.165, 1.54) is 14.2 Å². The Bertz CT molecular complexity index is 2040. The third-order valence-corrected chi connectivity index (χ3v) is 8.16. The first-order valence-electron chi connectivity index (χ1n) is 16.1. The summed E-state index contributed by atoms with van der Waals surface area (Å²) in [6.07, 6.45) is 15.8. The number of carbonyl (C=O) groups excluding carboxylic acids is 2. The number of nitrogens with zero attached hydrogens (tertiary/aromatic N) is 2. The summed E-state index contributed by atoms with van der Waals surface area (Å²) >= 11 is 0. The zero-order valence-corrected chi connectivity index (χ0v) is 28.0. The van der Waals surface area contributed by atoms with Crippen molar-refractivity contribution < 1.29 is 19.1 Å². The van der Waals surface area contributed by atoms with E-state index >= 15 is 0 Å². The molecule has 0 saturated heterocycles. The quantitative estimate of drug-likeness (QED) is 0.130. The van der Waals surface area contributed by atoms with Gasteiger partial charge < -0.3 is 18.6 Å². The van der Waals surface area contributed by atoms with Crippen molar-refractivity contribution in [3.8, 4) is 47.4 Å². The smallest absolute Gasteiger partial charge is 0.337 e. The number of ether oxygens (including phenoxy) is 2. The molecule has 240 valence electrons. The van der Waals surface area contributed by atoms with Crippen LogP contribution in [0.1, 0.15) is 94.6 Å². The lowest BCUT2D eigenvalue weighted by atomic mass is 10.1.